The molecule has 0 bridgehead atoms. The van der Waals surface area contributed by atoms with Crippen LogP contribution in [0.15, 0.2) is 156 Å². The number of hydrogen-bond donors (Lipinski definition) is 0. The van der Waals surface area contributed by atoms with Gasteiger partial charge in [0.2, 0.25) is 0 Å². The SMILES string of the molecule is O=C1/C(=N/c2cccc(C#Cc3ccccc3)c2)c2ccc(C(F)(F)F)cc2N1CCCCCCN1C(=O)/C(=N/c2cccc(C#Cc3ccccc3)c2)c2ccc(C(F)(F)F)cc21. The lowest BCUT2D eigenvalue weighted by atomic mass is 10.1. The molecule has 0 N–H and O–H groups in total. The highest BCUT2D eigenvalue weighted by Crippen LogP contribution is 2.39. The van der Waals surface area contributed by atoms with Crippen molar-refractivity contribution in [3.8, 4) is 23.7 Å². The van der Waals surface area contributed by atoms with E-state index < -0.39 is 35.3 Å². The van der Waals surface area contributed by atoms with Crippen molar-refractivity contribution in [2.45, 2.75) is 38.0 Å². The van der Waals surface area contributed by atoms with Gasteiger partial charge in [-0.05, 0) is 110 Å². The summed E-state index contributed by atoms with van der Waals surface area (Å²) in [5.41, 5.74) is 2.66. The van der Waals surface area contributed by atoms with Gasteiger partial charge in [0.25, 0.3) is 11.8 Å². The largest absolute Gasteiger partial charge is 0.416 e. The van der Waals surface area contributed by atoms with Crippen LogP contribution in [0.4, 0.5) is 49.1 Å². The Morgan fingerprint density at radius 2 is 0.797 bits per heavy atom. The number of alkyl halides is 6. The Hall–Kier alpha value is -7.70. The summed E-state index contributed by atoms with van der Waals surface area (Å²) in [5.74, 6) is 11.2. The van der Waals surface area contributed by atoms with Gasteiger partial charge < -0.3 is 9.80 Å². The van der Waals surface area contributed by atoms with Gasteiger partial charge in [-0.2, -0.15) is 26.3 Å². The molecule has 6 aromatic rings. The zero-order chi connectivity index (χ0) is 44.8. The maximum absolute atomic E-state index is 13.9. The van der Waals surface area contributed by atoms with Crippen LogP contribution < -0.4 is 9.80 Å². The fourth-order valence-electron chi connectivity index (χ4n) is 7.42. The van der Waals surface area contributed by atoms with Crippen LogP contribution >= 0.6 is 0 Å². The molecule has 0 aromatic heterocycles. The molecule has 0 saturated heterocycles. The number of aliphatic imine (C=N–C) groups is 2. The van der Waals surface area contributed by atoms with E-state index in [1.54, 1.807) is 48.5 Å². The molecule has 2 aliphatic heterocycles. The summed E-state index contributed by atoms with van der Waals surface area (Å²) in [4.78, 5) is 39.6. The summed E-state index contributed by atoms with van der Waals surface area (Å²) in [6.45, 7) is 0.168. The highest BCUT2D eigenvalue weighted by molar-refractivity contribution is 6.55. The van der Waals surface area contributed by atoms with Crippen LogP contribution in [-0.4, -0.2) is 36.3 Å². The van der Waals surface area contributed by atoms with Crippen LogP contribution in [0, 0.1) is 23.7 Å². The zero-order valence-electron chi connectivity index (χ0n) is 34.0. The van der Waals surface area contributed by atoms with Gasteiger partial charge in [0.1, 0.15) is 11.4 Å². The molecule has 0 radical (unpaired) electrons. The predicted molar refractivity (Wildman–Crippen MR) is 236 cm³/mol. The first-order valence-corrected chi connectivity index (χ1v) is 20.4. The van der Waals surface area contributed by atoms with E-state index in [0.29, 0.717) is 48.2 Å². The van der Waals surface area contributed by atoms with E-state index in [1.807, 2.05) is 60.7 Å². The molecule has 318 valence electrons. The van der Waals surface area contributed by atoms with Crippen LogP contribution in [0.25, 0.3) is 0 Å². The number of carbonyl (C=O) groups is 2. The average molecular weight is 863 g/mol. The molecule has 6 nitrogen and oxygen atoms in total. The summed E-state index contributed by atoms with van der Waals surface area (Å²) in [6.07, 6.45) is -7.51. The summed E-state index contributed by atoms with van der Waals surface area (Å²) in [5, 5.41) is 0. The number of halogens is 6. The number of anilines is 2. The van der Waals surface area contributed by atoms with Gasteiger partial charge in [0.05, 0.1) is 33.9 Å². The van der Waals surface area contributed by atoms with E-state index in [0.717, 1.165) is 35.4 Å². The van der Waals surface area contributed by atoms with E-state index in [1.165, 1.54) is 21.9 Å². The summed E-state index contributed by atoms with van der Waals surface area (Å²) >= 11 is 0. The number of carbonyl (C=O) groups excluding carboxylic acids is 2. The fourth-order valence-corrected chi connectivity index (χ4v) is 7.42. The van der Waals surface area contributed by atoms with Crippen molar-refractivity contribution in [3.63, 3.8) is 0 Å². The minimum Gasteiger partial charge on any atom is -0.306 e. The fraction of sp³-hybridized carbons (Fsp3) is 0.154. The molecular weight excluding hydrogens is 827 g/mol. The zero-order valence-corrected chi connectivity index (χ0v) is 34.0. The number of rotatable bonds is 9. The third-order valence-corrected chi connectivity index (χ3v) is 10.6. The van der Waals surface area contributed by atoms with E-state index in [-0.39, 0.29) is 47.0 Å². The quantitative estimate of drug-likeness (QED) is 0.0826. The number of unbranched alkanes of at least 4 members (excludes halogenated alkanes) is 3. The van der Waals surface area contributed by atoms with Gasteiger partial charge in [0.15, 0.2) is 0 Å². The summed E-state index contributed by atoms with van der Waals surface area (Å²) in [6, 6.07) is 38.9. The molecule has 64 heavy (non-hydrogen) atoms. The lowest BCUT2D eigenvalue weighted by Gasteiger charge is -2.19. The van der Waals surface area contributed by atoms with E-state index >= 15 is 0 Å². The first-order valence-electron chi connectivity index (χ1n) is 20.4. The molecule has 8 rings (SSSR count). The van der Waals surface area contributed by atoms with E-state index in [4.69, 9.17) is 0 Å². The summed E-state index contributed by atoms with van der Waals surface area (Å²) in [7, 11) is 0. The van der Waals surface area contributed by atoms with Gasteiger partial charge in [-0.25, -0.2) is 9.98 Å². The molecule has 2 aliphatic rings. The molecule has 2 heterocycles. The lowest BCUT2D eigenvalue weighted by Crippen LogP contribution is -2.31. The maximum Gasteiger partial charge on any atom is 0.416 e. The van der Waals surface area contributed by atoms with Crippen molar-refractivity contribution in [3.05, 3.63) is 190 Å². The van der Waals surface area contributed by atoms with Crippen molar-refractivity contribution < 1.29 is 35.9 Å². The molecular formula is C52H36F6N4O2. The van der Waals surface area contributed by atoms with Crippen molar-refractivity contribution in [1.29, 1.82) is 0 Å². The molecule has 0 aliphatic carbocycles. The van der Waals surface area contributed by atoms with Gasteiger partial charge in [-0.3, -0.25) is 9.59 Å². The van der Waals surface area contributed by atoms with Crippen LogP contribution in [0.3, 0.4) is 0 Å². The highest BCUT2D eigenvalue weighted by Gasteiger charge is 2.39. The Morgan fingerprint density at radius 1 is 0.422 bits per heavy atom. The Labute approximate surface area is 365 Å². The van der Waals surface area contributed by atoms with Crippen molar-refractivity contribution >= 4 is 46.0 Å². The topological polar surface area (TPSA) is 65.3 Å². The standard InChI is InChI=1S/C52H36F6N4O2/c53-51(54,55)39-25-27-43-45(33-39)61(49(63)47(43)59-41-19-11-17-37(31-41)23-21-35-13-5-3-6-14-35)29-9-1-2-10-30-62-46-34-40(52(56,57)58)26-28-44(46)48(50(62)64)60-42-20-12-18-38(32-42)24-22-36-15-7-4-8-16-36/h3-8,11-20,25-28,31-34H,1-2,9-10,29-30H2/b59-47+,60-48+. The van der Waals surface area contributed by atoms with Crippen LogP contribution in [0.1, 0.15) is 70.2 Å². The molecule has 0 fully saturated rings. The molecule has 0 unspecified atom stereocenters. The molecule has 0 spiro atoms. The van der Waals surface area contributed by atoms with Crippen molar-refractivity contribution in [1.82, 2.24) is 0 Å². The van der Waals surface area contributed by atoms with Crippen LogP contribution in [-0.2, 0) is 21.9 Å². The summed E-state index contributed by atoms with van der Waals surface area (Å²) < 4.78 is 83.2. The van der Waals surface area contributed by atoms with Gasteiger partial charge in [0, 0.05) is 46.5 Å². The van der Waals surface area contributed by atoms with Gasteiger partial charge >= 0.3 is 12.4 Å². The molecule has 0 saturated carbocycles. The highest BCUT2D eigenvalue weighted by atomic mass is 19.4. The van der Waals surface area contributed by atoms with E-state index in [2.05, 4.69) is 33.7 Å². The third kappa shape index (κ3) is 9.83. The first-order chi connectivity index (χ1) is 30.8. The van der Waals surface area contributed by atoms with Gasteiger partial charge in [-0.1, -0.05) is 85.1 Å². The number of fused-ring (bicyclic) bond motifs is 2. The Morgan fingerprint density at radius 3 is 1.19 bits per heavy atom. The van der Waals surface area contributed by atoms with Crippen LogP contribution in [0.5, 0.6) is 0 Å². The monoisotopic (exact) mass is 862 g/mol. The normalized spacial score (nSPS) is 14.6. The number of nitrogens with zero attached hydrogens (tertiary/aromatic N) is 4. The second-order valence-electron chi connectivity index (χ2n) is 15.0. The second kappa shape index (κ2) is 18.3. The first kappa shape index (κ1) is 43.0. The maximum atomic E-state index is 13.9. The average Bonchev–Trinajstić information content (AvgIpc) is 3.70. The smallest absolute Gasteiger partial charge is 0.306 e. The molecule has 12 heteroatoms. The third-order valence-electron chi connectivity index (χ3n) is 10.6. The lowest BCUT2D eigenvalue weighted by molar-refractivity contribution is -0.138. The van der Waals surface area contributed by atoms with Gasteiger partial charge in [-0.15, -0.1) is 0 Å². The Bertz CT molecular complexity index is 2740. The Balaban J connectivity index is 0.958. The minimum absolute atomic E-state index is 0.00522. The number of amides is 2. The minimum atomic E-state index is -4.65. The number of hydrogen-bond acceptors (Lipinski definition) is 4. The van der Waals surface area contributed by atoms with Crippen molar-refractivity contribution in [2.75, 3.05) is 22.9 Å². The Kier molecular flexibility index (Phi) is 12.3. The predicted octanol–water partition coefficient (Wildman–Crippen LogP) is 11.7. The number of benzene rings is 6. The molecule has 0 atom stereocenters. The van der Waals surface area contributed by atoms with Crippen LogP contribution in [0.2, 0.25) is 0 Å². The van der Waals surface area contributed by atoms with Crippen molar-refractivity contribution in [2.24, 2.45) is 9.98 Å². The molecule has 2 amide bonds. The molecule has 6 aromatic carbocycles. The van der Waals surface area contributed by atoms with E-state index in [9.17, 15) is 35.9 Å². The second-order valence-corrected chi connectivity index (χ2v) is 15.0.